The number of aromatic amines is 1. The van der Waals surface area contributed by atoms with Crippen molar-refractivity contribution in [2.45, 2.75) is 11.4 Å². The van der Waals surface area contributed by atoms with Crippen molar-refractivity contribution in [2.75, 3.05) is 26.0 Å². The van der Waals surface area contributed by atoms with E-state index >= 15 is 0 Å². The van der Waals surface area contributed by atoms with Gasteiger partial charge in [0.2, 0.25) is 10.0 Å². The van der Waals surface area contributed by atoms with Crippen molar-refractivity contribution in [3.63, 3.8) is 0 Å². The summed E-state index contributed by atoms with van der Waals surface area (Å²) in [4.78, 5) is 3.24. The van der Waals surface area contributed by atoms with Crippen molar-refractivity contribution < 1.29 is 13.2 Å². The first-order valence-electron chi connectivity index (χ1n) is 7.92. The van der Waals surface area contributed by atoms with Crippen molar-refractivity contribution in [3.8, 4) is 0 Å². The quantitative estimate of drug-likeness (QED) is 0.635. The minimum Gasteiger partial charge on any atom is -0.399 e. The second-order valence-electron chi connectivity index (χ2n) is 5.77. The van der Waals surface area contributed by atoms with Gasteiger partial charge in [-0.3, -0.25) is 0 Å². The van der Waals surface area contributed by atoms with E-state index in [0.29, 0.717) is 23.2 Å². The summed E-state index contributed by atoms with van der Waals surface area (Å²) in [7, 11) is -2.13. The molecule has 0 amide bonds. The predicted molar refractivity (Wildman–Crippen MR) is 98.6 cm³/mol. The van der Waals surface area contributed by atoms with Gasteiger partial charge in [-0.25, -0.2) is 8.42 Å². The van der Waals surface area contributed by atoms with E-state index in [9.17, 15) is 8.42 Å². The van der Waals surface area contributed by atoms with E-state index in [1.807, 2.05) is 30.3 Å². The van der Waals surface area contributed by atoms with Crippen LogP contribution in [0.2, 0.25) is 0 Å². The SMILES string of the molecule is COCCN(Cc1ccccc1)S(=O)(=O)c1c[nH]c2cc(N)ccc12. The zero-order valence-electron chi connectivity index (χ0n) is 14.0. The van der Waals surface area contributed by atoms with E-state index in [1.165, 1.54) is 10.5 Å². The number of H-pyrrole nitrogens is 1. The summed E-state index contributed by atoms with van der Waals surface area (Å²) in [5.74, 6) is 0. The summed E-state index contributed by atoms with van der Waals surface area (Å²) in [5, 5.41) is 0.629. The maximum absolute atomic E-state index is 13.2. The number of sulfonamides is 1. The number of methoxy groups -OCH3 is 1. The molecule has 2 aromatic carbocycles. The highest BCUT2D eigenvalue weighted by atomic mass is 32.2. The number of hydrogen-bond acceptors (Lipinski definition) is 4. The van der Waals surface area contributed by atoms with E-state index in [2.05, 4.69) is 4.98 Å². The van der Waals surface area contributed by atoms with Gasteiger partial charge >= 0.3 is 0 Å². The Balaban J connectivity index is 1.99. The van der Waals surface area contributed by atoms with E-state index in [1.54, 1.807) is 25.3 Å². The molecule has 0 bridgehead atoms. The molecule has 3 aromatic rings. The van der Waals surface area contributed by atoms with Gasteiger partial charge in [-0.05, 0) is 23.8 Å². The fourth-order valence-electron chi connectivity index (χ4n) is 2.73. The molecule has 7 heteroatoms. The summed E-state index contributed by atoms with van der Waals surface area (Å²) in [6, 6.07) is 14.7. The highest BCUT2D eigenvalue weighted by Gasteiger charge is 2.27. The average molecular weight is 359 g/mol. The molecule has 0 unspecified atom stereocenters. The lowest BCUT2D eigenvalue weighted by molar-refractivity contribution is 0.177. The Hall–Kier alpha value is -2.35. The van der Waals surface area contributed by atoms with E-state index in [-0.39, 0.29) is 18.0 Å². The van der Waals surface area contributed by atoms with Gasteiger partial charge < -0.3 is 15.5 Å². The summed E-state index contributed by atoms with van der Waals surface area (Å²) in [6.45, 7) is 0.880. The number of benzene rings is 2. The zero-order valence-corrected chi connectivity index (χ0v) is 14.8. The van der Waals surface area contributed by atoms with E-state index < -0.39 is 10.0 Å². The number of nitrogens with zero attached hydrogens (tertiary/aromatic N) is 1. The van der Waals surface area contributed by atoms with Crippen LogP contribution < -0.4 is 5.73 Å². The molecule has 3 rings (SSSR count). The molecule has 132 valence electrons. The van der Waals surface area contributed by atoms with Crippen LogP contribution in [0.15, 0.2) is 59.6 Å². The summed E-state index contributed by atoms with van der Waals surface area (Å²) in [5.41, 5.74) is 7.98. The Morgan fingerprint density at radius 3 is 2.64 bits per heavy atom. The van der Waals surface area contributed by atoms with Crippen LogP contribution in [-0.4, -0.2) is 38.0 Å². The Kier molecular flexibility index (Phi) is 5.08. The third-order valence-electron chi connectivity index (χ3n) is 4.03. The van der Waals surface area contributed by atoms with Gasteiger partial charge in [0.1, 0.15) is 4.90 Å². The zero-order chi connectivity index (χ0) is 17.9. The largest absolute Gasteiger partial charge is 0.399 e. The number of fused-ring (bicyclic) bond motifs is 1. The van der Waals surface area contributed by atoms with Crippen LogP contribution >= 0.6 is 0 Å². The van der Waals surface area contributed by atoms with Gasteiger partial charge in [0.25, 0.3) is 0 Å². The Morgan fingerprint density at radius 2 is 1.92 bits per heavy atom. The lowest BCUT2D eigenvalue weighted by Gasteiger charge is -2.21. The molecule has 0 saturated carbocycles. The number of rotatable bonds is 7. The highest BCUT2D eigenvalue weighted by molar-refractivity contribution is 7.89. The van der Waals surface area contributed by atoms with Crippen molar-refractivity contribution in [1.29, 1.82) is 0 Å². The van der Waals surface area contributed by atoms with Gasteiger partial charge in [-0.1, -0.05) is 30.3 Å². The molecule has 6 nitrogen and oxygen atoms in total. The van der Waals surface area contributed by atoms with Gasteiger partial charge in [0.05, 0.1) is 6.61 Å². The molecule has 0 radical (unpaired) electrons. The molecule has 0 spiro atoms. The molecule has 25 heavy (non-hydrogen) atoms. The second-order valence-corrected chi connectivity index (χ2v) is 7.68. The first-order chi connectivity index (χ1) is 12.0. The van der Waals surface area contributed by atoms with Crippen LogP contribution in [0.3, 0.4) is 0 Å². The van der Waals surface area contributed by atoms with Crippen LogP contribution in [0.5, 0.6) is 0 Å². The fourth-order valence-corrected chi connectivity index (χ4v) is 4.31. The Bertz CT molecular complexity index is 952. The first-order valence-corrected chi connectivity index (χ1v) is 9.36. The Morgan fingerprint density at radius 1 is 1.16 bits per heavy atom. The molecule has 0 fully saturated rings. The highest BCUT2D eigenvalue weighted by Crippen LogP contribution is 2.27. The smallest absolute Gasteiger partial charge is 0.245 e. The molecule has 1 heterocycles. The number of hydrogen-bond donors (Lipinski definition) is 2. The van der Waals surface area contributed by atoms with Gasteiger partial charge in [-0.15, -0.1) is 0 Å². The predicted octanol–water partition coefficient (Wildman–Crippen LogP) is 2.59. The van der Waals surface area contributed by atoms with Crippen molar-refractivity contribution in [3.05, 3.63) is 60.3 Å². The molecular weight excluding hydrogens is 338 g/mol. The minimum atomic E-state index is -3.69. The molecule has 0 aliphatic heterocycles. The second kappa shape index (κ2) is 7.26. The molecule has 0 aliphatic rings. The van der Waals surface area contributed by atoms with Crippen LogP contribution in [0, 0.1) is 0 Å². The number of aromatic nitrogens is 1. The average Bonchev–Trinajstić information content (AvgIpc) is 3.03. The number of nitrogen functional groups attached to an aromatic ring is 1. The topological polar surface area (TPSA) is 88.4 Å². The fraction of sp³-hybridized carbons (Fsp3) is 0.222. The van der Waals surface area contributed by atoms with Gasteiger partial charge in [-0.2, -0.15) is 4.31 Å². The van der Waals surface area contributed by atoms with Crippen LogP contribution in [0.4, 0.5) is 5.69 Å². The first kappa shape index (κ1) is 17.5. The lowest BCUT2D eigenvalue weighted by Crippen LogP contribution is -2.33. The van der Waals surface area contributed by atoms with Crippen molar-refractivity contribution in [1.82, 2.24) is 9.29 Å². The molecule has 0 saturated heterocycles. The third kappa shape index (κ3) is 3.68. The monoisotopic (exact) mass is 359 g/mol. The molecule has 3 N–H and O–H groups in total. The number of ether oxygens (including phenoxy) is 1. The molecule has 1 aromatic heterocycles. The van der Waals surface area contributed by atoms with E-state index in [0.717, 1.165) is 5.56 Å². The van der Waals surface area contributed by atoms with Crippen molar-refractivity contribution in [2.24, 2.45) is 0 Å². The van der Waals surface area contributed by atoms with Crippen LogP contribution in [0.25, 0.3) is 10.9 Å². The maximum atomic E-state index is 13.2. The standard InChI is InChI=1S/C18H21N3O3S/c1-24-10-9-21(13-14-5-3-2-4-6-14)25(22,23)18-12-20-17-11-15(19)7-8-16(17)18/h2-8,11-12,20H,9-10,13,19H2,1H3. The molecule has 0 atom stereocenters. The minimum absolute atomic E-state index is 0.245. The van der Waals surface area contributed by atoms with E-state index in [4.69, 9.17) is 10.5 Å². The number of nitrogens with two attached hydrogens (primary N) is 1. The normalized spacial score (nSPS) is 12.1. The molecule has 0 aliphatic carbocycles. The number of nitrogens with one attached hydrogen (secondary N) is 1. The lowest BCUT2D eigenvalue weighted by atomic mass is 10.2. The number of anilines is 1. The molecular formula is C18H21N3O3S. The van der Waals surface area contributed by atoms with Crippen LogP contribution in [-0.2, 0) is 21.3 Å². The summed E-state index contributed by atoms with van der Waals surface area (Å²) < 4.78 is 33.0. The maximum Gasteiger partial charge on any atom is 0.245 e. The Labute approximate surface area is 147 Å². The third-order valence-corrected chi connectivity index (χ3v) is 5.92. The van der Waals surface area contributed by atoms with Gasteiger partial charge in [0, 0.05) is 43.0 Å². The van der Waals surface area contributed by atoms with Crippen molar-refractivity contribution >= 4 is 26.6 Å². The van der Waals surface area contributed by atoms with Crippen LogP contribution in [0.1, 0.15) is 5.56 Å². The summed E-state index contributed by atoms with van der Waals surface area (Å²) in [6.07, 6.45) is 1.52. The summed E-state index contributed by atoms with van der Waals surface area (Å²) >= 11 is 0. The van der Waals surface area contributed by atoms with Gasteiger partial charge in [0.15, 0.2) is 0 Å².